The van der Waals surface area contributed by atoms with Crippen LogP contribution < -0.4 is 0 Å². The first-order valence-electron chi connectivity index (χ1n) is 10.3. The van der Waals surface area contributed by atoms with E-state index < -0.39 is 21.6 Å². The summed E-state index contributed by atoms with van der Waals surface area (Å²) >= 11 is 1.20. The van der Waals surface area contributed by atoms with Crippen molar-refractivity contribution in [3.8, 4) is 0 Å². The van der Waals surface area contributed by atoms with E-state index in [0.717, 1.165) is 25.0 Å². The average molecular weight is 476 g/mol. The number of alkyl halides is 3. The molecule has 0 spiro atoms. The predicted octanol–water partition coefficient (Wildman–Crippen LogP) is 3.74. The van der Waals surface area contributed by atoms with E-state index in [2.05, 4.69) is 4.98 Å². The van der Waals surface area contributed by atoms with Gasteiger partial charge >= 0.3 is 6.18 Å². The standard InChI is InChI=1S/C20H24F3N3O3S2/c1-2-8-25-17-10-13(20(21,22)23)3-6-16(17)24-19(25)30-11-18(27)26(14-4-5-14)15-7-9-31(28,29)12-15/h3,6,10,14-15H,2,4-5,7-9,11-12H2,1H3/t15-/m0/s1. The van der Waals surface area contributed by atoms with Gasteiger partial charge in [0.1, 0.15) is 0 Å². The maximum absolute atomic E-state index is 13.1. The van der Waals surface area contributed by atoms with Crippen LogP contribution in [0.3, 0.4) is 0 Å². The molecule has 2 fully saturated rings. The molecule has 2 heterocycles. The van der Waals surface area contributed by atoms with E-state index in [4.69, 9.17) is 0 Å². The van der Waals surface area contributed by atoms with E-state index in [1.807, 2.05) is 6.92 Å². The molecule has 1 aromatic heterocycles. The van der Waals surface area contributed by atoms with Crippen LogP contribution in [0.25, 0.3) is 11.0 Å². The molecular weight excluding hydrogens is 451 g/mol. The minimum Gasteiger partial charge on any atom is -0.335 e. The zero-order valence-electron chi connectivity index (χ0n) is 17.1. The highest BCUT2D eigenvalue weighted by atomic mass is 32.2. The van der Waals surface area contributed by atoms with Crippen LogP contribution in [-0.2, 0) is 27.4 Å². The largest absolute Gasteiger partial charge is 0.416 e. The second-order valence-electron chi connectivity index (χ2n) is 8.12. The zero-order valence-corrected chi connectivity index (χ0v) is 18.7. The molecule has 1 saturated heterocycles. The lowest BCUT2D eigenvalue weighted by Gasteiger charge is -2.28. The molecule has 0 unspecified atom stereocenters. The summed E-state index contributed by atoms with van der Waals surface area (Å²) in [5.41, 5.74) is 0.122. The fourth-order valence-electron chi connectivity index (χ4n) is 4.08. The lowest BCUT2D eigenvalue weighted by atomic mass is 10.2. The van der Waals surface area contributed by atoms with E-state index in [-0.39, 0.29) is 35.2 Å². The summed E-state index contributed by atoms with van der Waals surface area (Å²) in [6.45, 7) is 2.41. The Hall–Kier alpha value is -1.75. The van der Waals surface area contributed by atoms with Crippen LogP contribution >= 0.6 is 11.8 Å². The SMILES string of the molecule is CCCn1c(SCC(=O)N(C2CC2)[C@H]2CCS(=O)(=O)C2)nc2ccc(C(F)(F)F)cc21. The van der Waals surface area contributed by atoms with Crippen LogP contribution in [0.2, 0.25) is 0 Å². The van der Waals surface area contributed by atoms with Gasteiger partial charge in [0.05, 0.1) is 33.9 Å². The van der Waals surface area contributed by atoms with Crippen molar-refractivity contribution < 1.29 is 26.4 Å². The van der Waals surface area contributed by atoms with Crippen LogP contribution in [0, 0.1) is 0 Å². The Morgan fingerprint density at radius 2 is 2.00 bits per heavy atom. The van der Waals surface area contributed by atoms with Gasteiger partial charge in [0.25, 0.3) is 0 Å². The second kappa shape index (κ2) is 8.31. The molecule has 1 aliphatic carbocycles. The maximum atomic E-state index is 13.1. The van der Waals surface area contributed by atoms with Gasteiger partial charge in [-0.1, -0.05) is 18.7 Å². The number of hydrogen-bond donors (Lipinski definition) is 0. The topological polar surface area (TPSA) is 72.3 Å². The van der Waals surface area contributed by atoms with Crippen LogP contribution in [-0.4, -0.2) is 58.1 Å². The molecule has 0 bridgehead atoms. The zero-order chi connectivity index (χ0) is 22.4. The summed E-state index contributed by atoms with van der Waals surface area (Å²) < 4.78 is 64.9. The van der Waals surface area contributed by atoms with Gasteiger partial charge in [-0.15, -0.1) is 0 Å². The number of halogens is 3. The lowest BCUT2D eigenvalue weighted by Crippen LogP contribution is -2.43. The van der Waals surface area contributed by atoms with Gasteiger partial charge in [0.2, 0.25) is 5.91 Å². The number of rotatable bonds is 7. The highest BCUT2D eigenvalue weighted by molar-refractivity contribution is 7.99. The minimum atomic E-state index is -4.44. The highest BCUT2D eigenvalue weighted by Gasteiger charge is 2.42. The van der Waals surface area contributed by atoms with Crippen LogP contribution in [0.5, 0.6) is 0 Å². The number of sulfone groups is 1. The molecule has 170 valence electrons. The van der Waals surface area contributed by atoms with E-state index in [9.17, 15) is 26.4 Å². The van der Waals surface area contributed by atoms with Gasteiger partial charge in [-0.2, -0.15) is 13.2 Å². The molecule has 1 amide bonds. The molecule has 4 rings (SSSR count). The Morgan fingerprint density at radius 3 is 2.58 bits per heavy atom. The van der Waals surface area contributed by atoms with Crippen molar-refractivity contribution in [3.05, 3.63) is 23.8 Å². The first kappa shape index (κ1) is 22.4. The van der Waals surface area contributed by atoms with Crippen molar-refractivity contribution in [1.82, 2.24) is 14.5 Å². The van der Waals surface area contributed by atoms with Gasteiger partial charge < -0.3 is 9.47 Å². The maximum Gasteiger partial charge on any atom is 0.416 e. The molecule has 2 aliphatic rings. The Morgan fingerprint density at radius 1 is 1.26 bits per heavy atom. The smallest absolute Gasteiger partial charge is 0.335 e. The minimum absolute atomic E-state index is 0.00841. The summed E-state index contributed by atoms with van der Waals surface area (Å²) in [4.78, 5) is 19.2. The number of thioether (sulfide) groups is 1. The quantitative estimate of drug-likeness (QED) is 0.571. The summed E-state index contributed by atoms with van der Waals surface area (Å²) in [5, 5.41) is 0.499. The highest BCUT2D eigenvalue weighted by Crippen LogP contribution is 2.35. The molecular formula is C20H24F3N3O3S2. The number of carbonyl (C=O) groups excluding carboxylic acids is 1. The molecule has 2 aromatic rings. The van der Waals surface area contributed by atoms with Crippen LogP contribution in [0.1, 0.15) is 38.2 Å². The van der Waals surface area contributed by atoms with E-state index >= 15 is 0 Å². The molecule has 1 atom stereocenters. The molecule has 0 N–H and O–H groups in total. The normalized spacial score (nSPS) is 21.0. The number of aryl methyl sites for hydroxylation is 1. The van der Waals surface area contributed by atoms with Gasteiger partial charge in [-0.3, -0.25) is 4.79 Å². The van der Waals surface area contributed by atoms with E-state index in [1.165, 1.54) is 17.8 Å². The van der Waals surface area contributed by atoms with Crippen molar-refractivity contribution in [2.75, 3.05) is 17.3 Å². The first-order chi connectivity index (χ1) is 14.6. The summed E-state index contributed by atoms with van der Waals surface area (Å²) in [6.07, 6.45) is -1.52. The van der Waals surface area contributed by atoms with Crippen molar-refractivity contribution >= 4 is 38.5 Å². The third kappa shape index (κ3) is 4.87. The number of aromatic nitrogens is 2. The summed E-state index contributed by atoms with van der Waals surface area (Å²) in [7, 11) is -3.10. The number of fused-ring (bicyclic) bond motifs is 1. The van der Waals surface area contributed by atoms with Gasteiger partial charge in [0, 0.05) is 18.6 Å². The van der Waals surface area contributed by atoms with Crippen molar-refractivity contribution in [3.63, 3.8) is 0 Å². The molecule has 6 nitrogen and oxygen atoms in total. The fourth-order valence-corrected chi connectivity index (χ4v) is 6.70. The third-order valence-corrected chi connectivity index (χ3v) is 8.35. The number of benzene rings is 1. The number of carbonyl (C=O) groups is 1. The van der Waals surface area contributed by atoms with Crippen molar-refractivity contribution in [2.45, 2.75) is 62.6 Å². The van der Waals surface area contributed by atoms with Gasteiger partial charge in [0.15, 0.2) is 15.0 Å². The predicted molar refractivity (Wildman–Crippen MR) is 113 cm³/mol. The Labute approximate surface area is 183 Å². The summed E-state index contributed by atoms with van der Waals surface area (Å²) in [5.74, 6) is 0.0521. The van der Waals surface area contributed by atoms with Crippen LogP contribution in [0.15, 0.2) is 23.4 Å². The monoisotopic (exact) mass is 475 g/mol. The Kier molecular flexibility index (Phi) is 6.01. The lowest BCUT2D eigenvalue weighted by molar-refractivity contribution is -0.137. The third-order valence-electron chi connectivity index (χ3n) is 5.64. The number of hydrogen-bond acceptors (Lipinski definition) is 5. The first-order valence-corrected chi connectivity index (χ1v) is 13.1. The van der Waals surface area contributed by atoms with E-state index in [0.29, 0.717) is 35.6 Å². The van der Waals surface area contributed by atoms with E-state index in [1.54, 1.807) is 9.47 Å². The average Bonchev–Trinajstić information content (AvgIpc) is 3.37. The molecule has 31 heavy (non-hydrogen) atoms. The number of imidazole rings is 1. The number of nitrogens with zero attached hydrogens (tertiary/aromatic N) is 3. The van der Waals surface area contributed by atoms with Gasteiger partial charge in [-0.05, 0) is 43.9 Å². The molecule has 0 radical (unpaired) electrons. The molecule has 11 heteroatoms. The molecule has 1 aliphatic heterocycles. The summed E-state index contributed by atoms with van der Waals surface area (Å²) in [6, 6.07) is 3.28. The van der Waals surface area contributed by atoms with Crippen LogP contribution in [0.4, 0.5) is 13.2 Å². The Bertz CT molecular complexity index is 1090. The van der Waals surface area contributed by atoms with Crippen molar-refractivity contribution in [1.29, 1.82) is 0 Å². The molecule has 1 saturated carbocycles. The Balaban J connectivity index is 1.55. The second-order valence-corrected chi connectivity index (χ2v) is 11.3. The molecule has 1 aromatic carbocycles. The number of amides is 1. The van der Waals surface area contributed by atoms with Gasteiger partial charge in [-0.25, -0.2) is 13.4 Å². The van der Waals surface area contributed by atoms with Crippen molar-refractivity contribution in [2.24, 2.45) is 0 Å². The fraction of sp³-hybridized carbons (Fsp3) is 0.600.